The molecule has 1 aliphatic heterocycles. The first-order valence-electron chi connectivity index (χ1n) is 11.3. The second-order valence-corrected chi connectivity index (χ2v) is 8.96. The molecular formula is C24H25ClF4N4O4. The van der Waals surface area contributed by atoms with Crippen molar-refractivity contribution in [1.82, 2.24) is 14.8 Å². The highest BCUT2D eigenvalue weighted by Crippen LogP contribution is 2.39. The zero-order chi connectivity index (χ0) is 26.9. The Bertz CT molecular complexity index is 1230. The first kappa shape index (κ1) is 27.4. The normalized spacial score (nSPS) is 22.1. The molecule has 200 valence electrons. The number of hydrogen-bond acceptors (Lipinski definition) is 7. The summed E-state index contributed by atoms with van der Waals surface area (Å²) < 4.78 is 74.5. The maximum atomic E-state index is 14.5. The fourth-order valence-corrected chi connectivity index (χ4v) is 4.21. The van der Waals surface area contributed by atoms with Gasteiger partial charge in [0.15, 0.2) is 12.1 Å². The minimum Gasteiger partial charge on any atom is -0.389 e. The van der Waals surface area contributed by atoms with E-state index in [-0.39, 0.29) is 29.8 Å². The van der Waals surface area contributed by atoms with Crippen LogP contribution in [0.15, 0.2) is 42.5 Å². The van der Waals surface area contributed by atoms with Crippen LogP contribution in [-0.2, 0) is 20.4 Å². The van der Waals surface area contributed by atoms with Crippen molar-refractivity contribution in [1.29, 1.82) is 0 Å². The Morgan fingerprint density at radius 3 is 2.59 bits per heavy atom. The third-order valence-corrected chi connectivity index (χ3v) is 6.01. The monoisotopic (exact) mass is 544 g/mol. The molecule has 0 radical (unpaired) electrons. The van der Waals surface area contributed by atoms with E-state index in [1.165, 1.54) is 6.92 Å². The molecule has 0 saturated carbocycles. The molecule has 4 unspecified atom stereocenters. The van der Waals surface area contributed by atoms with E-state index in [2.05, 4.69) is 10.1 Å². The van der Waals surface area contributed by atoms with Crippen LogP contribution in [0.25, 0.3) is 5.69 Å². The zero-order valence-electron chi connectivity index (χ0n) is 19.8. The molecule has 0 amide bonds. The van der Waals surface area contributed by atoms with Crippen LogP contribution < -0.4 is 5.73 Å². The fraction of sp³-hybridized carbons (Fsp3) is 0.417. The largest absolute Gasteiger partial charge is 0.421 e. The first-order chi connectivity index (χ1) is 17.5. The van der Waals surface area contributed by atoms with E-state index in [0.717, 1.165) is 16.3 Å². The van der Waals surface area contributed by atoms with Gasteiger partial charge in [0, 0.05) is 17.1 Å². The van der Waals surface area contributed by atoms with Gasteiger partial charge in [0.1, 0.15) is 29.4 Å². The lowest BCUT2D eigenvalue weighted by Gasteiger charge is -2.37. The maximum absolute atomic E-state index is 14.5. The molecule has 5 atom stereocenters. The van der Waals surface area contributed by atoms with Crippen molar-refractivity contribution >= 4 is 11.6 Å². The van der Waals surface area contributed by atoms with E-state index in [4.69, 9.17) is 31.5 Å². The summed E-state index contributed by atoms with van der Waals surface area (Å²) >= 11 is 5.89. The number of benzene rings is 2. The topological polar surface area (TPSA) is 105 Å². The Morgan fingerprint density at radius 2 is 1.97 bits per heavy atom. The van der Waals surface area contributed by atoms with Gasteiger partial charge < -0.3 is 25.1 Å². The van der Waals surface area contributed by atoms with E-state index in [1.54, 1.807) is 6.92 Å². The number of aliphatic hydroxyl groups is 1. The summed E-state index contributed by atoms with van der Waals surface area (Å²) in [4.78, 5) is 4.19. The van der Waals surface area contributed by atoms with Crippen molar-refractivity contribution < 1.29 is 36.9 Å². The van der Waals surface area contributed by atoms with E-state index < -0.39 is 54.0 Å². The molecule has 3 N–H and O–H groups in total. The van der Waals surface area contributed by atoms with E-state index in [9.17, 15) is 22.7 Å². The van der Waals surface area contributed by atoms with Crippen molar-refractivity contribution in [3.63, 3.8) is 0 Å². The van der Waals surface area contributed by atoms with Crippen molar-refractivity contribution in [3.8, 4) is 5.69 Å². The molecule has 0 aliphatic carbocycles. The molecule has 13 heteroatoms. The summed E-state index contributed by atoms with van der Waals surface area (Å²) in [6.45, 7) is 2.89. The number of aliphatic hydroxyl groups excluding tert-OH is 1. The van der Waals surface area contributed by atoms with Crippen molar-refractivity contribution in [3.05, 3.63) is 76.1 Å². The SMILES string of the molecule is Cc1nc(C(OC2COC(c3ccccc3)OC2C)[C@@H](O)CN)n(-c2cc(Cl)cc(F)c2C(F)(F)F)n1. The highest BCUT2D eigenvalue weighted by molar-refractivity contribution is 6.30. The Morgan fingerprint density at radius 1 is 1.27 bits per heavy atom. The molecule has 0 spiro atoms. The van der Waals surface area contributed by atoms with E-state index in [1.807, 2.05) is 30.3 Å². The summed E-state index contributed by atoms with van der Waals surface area (Å²) in [5.74, 6) is -1.75. The van der Waals surface area contributed by atoms with E-state index >= 15 is 0 Å². The van der Waals surface area contributed by atoms with Crippen LogP contribution >= 0.6 is 11.6 Å². The molecule has 1 aliphatic rings. The standard InChI is InChI=1S/C24H25ClF4N4O4/c1-12-19(11-35-23(36-12)14-6-4-3-5-7-14)37-21(18(34)10-30)22-31-13(2)32-33(22)17-9-15(25)8-16(26)20(17)24(27,28)29/h3-9,12,18-19,21,23,34H,10-11,30H2,1-2H3/t12?,18-,19?,21?,23?/m0/s1. The average molecular weight is 545 g/mol. The number of aromatic nitrogens is 3. The molecular weight excluding hydrogens is 520 g/mol. The molecule has 3 aromatic rings. The third-order valence-electron chi connectivity index (χ3n) is 5.80. The summed E-state index contributed by atoms with van der Waals surface area (Å²) in [6, 6.07) is 10.7. The molecule has 2 aromatic carbocycles. The van der Waals surface area contributed by atoms with Gasteiger partial charge in [0.05, 0.1) is 24.5 Å². The number of hydrogen-bond donors (Lipinski definition) is 2. The van der Waals surface area contributed by atoms with E-state index in [0.29, 0.717) is 6.07 Å². The molecule has 1 aromatic heterocycles. The van der Waals surface area contributed by atoms with Crippen LogP contribution in [0.1, 0.15) is 42.1 Å². The molecule has 4 rings (SSSR count). The highest BCUT2D eigenvalue weighted by atomic mass is 35.5. The lowest BCUT2D eigenvalue weighted by molar-refractivity contribution is -0.274. The first-order valence-corrected chi connectivity index (χ1v) is 11.7. The number of alkyl halides is 3. The maximum Gasteiger partial charge on any atom is 0.421 e. The van der Waals surface area contributed by atoms with Crippen LogP contribution in [0.3, 0.4) is 0 Å². The lowest BCUT2D eigenvalue weighted by atomic mass is 10.1. The molecule has 8 nitrogen and oxygen atoms in total. The van der Waals surface area contributed by atoms with Crippen LogP contribution in [0.2, 0.25) is 5.02 Å². The van der Waals surface area contributed by atoms with Gasteiger partial charge in [0.2, 0.25) is 0 Å². The van der Waals surface area contributed by atoms with Crippen molar-refractivity contribution in [2.45, 2.75) is 50.7 Å². The fourth-order valence-electron chi connectivity index (χ4n) is 4.01. The Balaban J connectivity index is 1.69. The lowest BCUT2D eigenvalue weighted by Crippen LogP contribution is -2.44. The van der Waals surface area contributed by atoms with Crippen LogP contribution in [0.4, 0.5) is 17.6 Å². The average Bonchev–Trinajstić information content (AvgIpc) is 3.23. The minimum absolute atomic E-state index is 0.0429. The number of ether oxygens (including phenoxy) is 3. The second kappa shape index (κ2) is 11.0. The zero-order valence-corrected chi connectivity index (χ0v) is 20.6. The third kappa shape index (κ3) is 5.95. The van der Waals surface area contributed by atoms with Gasteiger partial charge in [-0.05, 0) is 26.0 Å². The van der Waals surface area contributed by atoms with Crippen LogP contribution in [-0.4, -0.2) is 51.3 Å². The number of aryl methyl sites for hydroxylation is 1. The Kier molecular flexibility index (Phi) is 8.17. The molecule has 37 heavy (non-hydrogen) atoms. The Labute approximate surface area is 214 Å². The summed E-state index contributed by atoms with van der Waals surface area (Å²) in [7, 11) is 0. The van der Waals surface area contributed by atoms with Crippen LogP contribution in [0, 0.1) is 12.7 Å². The molecule has 0 bridgehead atoms. The predicted octanol–water partition coefficient (Wildman–Crippen LogP) is 4.27. The van der Waals surface area contributed by atoms with Crippen molar-refractivity contribution in [2.75, 3.05) is 13.2 Å². The van der Waals surface area contributed by atoms with Gasteiger partial charge >= 0.3 is 6.18 Å². The molecule has 1 fully saturated rings. The quantitative estimate of drug-likeness (QED) is 0.428. The smallest absolute Gasteiger partial charge is 0.389 e. The summed E-state index contributed by atoms with van der Waals surface area (Å²) in [5, 5.41) is 14.4. The predicted molar refractivity (Wildman–Crippen MR) is 124 cm³/mol. The highest BCUT2D eigenvalue weighted by Gasteiger charge is 2.41. The van der Waals surface area contributed by atoms with Gasteiger partial charge in [-0.2, -0.15) is 18.3 Å². The Hall–Kier alpha value is -2.61. The second-order valence-electron chi connectivity index (χ2n) is 8.52. The number of nitrogens with zero attached hydrogens (tertiary/aromatic N) is 3. The minimum atomic E-state index is -5.07. The number of rotatable bonds is 7. The van der Waals surface area contributed by atoms with Crippen LogP contribution in [0.5, 0.6) is 0 Å². The van der Waals surface area contributed by atoms with Gasteiger partial charge in [-0.15, -0.1) is 0 Å². The summed E-state index contributed by atoms with van der Waals surface area (Å²) in [6.07, 6.45) is -9.78. The number of halogens is 5. The van der Waals surface area contributed by atoms with Gasteiger partial charge in [0.25, 0.3) is 0 Å². The summed E-state index contributed by atoms with van der Waals surface area (Å²) in [5.41, 5.74) is 4.18. The molecule has 1 saturated heterocycles. The van der Waals surface area contributed by atoms with Gasteiger partial charge in [-0.3, -0.25) is 0 Å². The van der Waals surface area contributed by atoms with Crippen molar-refractivity contribution in [2.24, 2.45) is 5.73 Å². The number of nitrogens with two attached hydrogens (primary N) is 1. The van der Waals surface area contributed by atoms with Gasteiger partial charge in [-0.25, -0.2) is 14.1 Å². The van der Waals surface area contributed by atoms with Gasteiger partial charge in [-0.1, -0.05) is 41.9 Å². The molecule has 2 heterocycles.